The third-order valence-corrected chi connectivity index (χ3v) is 5.93. The Morgan fingerprint density at radius 2 is 1.94 bits per heavy atom. The molecule has 1 unspecified atom stereocenters. The van der Waals surface area contributed by atoms with Crippen LogP contribution in [0.4, 0.5) is 0 Å². The second kappa shape index (κ2) is 10.0. The number of aryl methyl sites for hydroxylation is 1. The first-order valence-electron chi connectivity index (χ1n) is 10.5. The minimum absolute atomic E-state index is 0.377. The van der Waals surface area contributed by atoms with Gasteiger partial charge in [-0.1, -0.05) is 64.0 Å². The van der Waals surface area contributed by atoms with Crippen molar-refractivity contribution in [3.05, 3.63) is 99.7 Å². The van der Waals surface area contributed by atoms with Gasteiger partial charge in [0.15, 0.2) is 0 Å². The van der Waals surface area contributed by atoms with Crippen LogP contribution in [0, 0.1) is 6.92 Å². The van der Waals surface area contributed by atoms with Crippen LogP contribution in [0.3, 0.4) is 0 Å². The fraction of sp³-hybridized carbons (Fsp3) is 0.192. The summed E-state index contributed by atoms with van der Waals surface area (Å²) in [6, 6.07) is 21.2. The number of aliphatic carboxylic acids is 1. The van der Waals surface area contributed by atoms with Gasteiger partial charge in [-0.3, -0.25) is 10.1 Å². The summed E-state index contributed by atoms with van der Waals surface area (Å²) >= 11 is 3.51. The lowest BCUT2D eigenvalue weighted by molar-refractivity contribution is -0.139. The van der Waals surface area contributed by atoms with Gasteiger partial charge in [-0.15, -0.1) is 0 Å². The third kappa shape index (κ3) is 5.39. The highest BCUT2D eigenvalue weighted by Gasteiger charge is 2.20. The number of aromatic amines is 1. The van der Waals surface area contributed by atoms with Gasteiger partial charge in [0.1, 0.15) is 18.4 Å². The van der Waals surface area contributed by atoms with E-state index in [1.54, 1.807) is 0 Å². The maximum atomic E-state index is 12.0. The molecule has 0 spiro atoms. The molecule has 3 N–H and O–H groups in total. The highest BCUT2D eigenvalue weighted by atomic mass is 79.9. The first-order valence-corrected chi connectivity index (χ1v) is 11.3. The predicted octanol–water partition coefficient (Wildman–Crippen LogP) is 5.60. The molecule has 5 nitrogen and oxygen atoms in total. The molecule has 0 aliphatic heterocycles. The monoisotopic (exact) mass is 492 g/mol. The number of benzene rings is 3. The zero-order valence-corrected chi connectivity index (χ0v) is 19.4. The highest BCUT2D eigenvalue weighted by Crippen LogP contribution is 2.25. The summed E-state index contributed by atoms with van der Waals surface area (Å²) in [5, 5.41) is 14.1. The van der Waals surface area contributed by atoms with Crippen molar-refractivity contribution in [1.29, 1.82) is 0 Å². The van der Waals surface area contributed by atoms with E-state index in [0.29, 0.717) is 19.6 Å². The first-order chi connectivity index (χ1) is 15.5. The van der Waals surface area contributed by atoms with Gasteiger partial charge >= 0.3 is 5.97 Å². The lowest BCUT2D eigenvalue weighted by Crippen LogP contribution is -2.38. The molecule has 3 aromatic carbocycles. The van der Waals surface area contributed by atoms with Crippen LogP contribution in [0.1, 0.15) is 22.3 Å². The van der Waals surface area contributed by atoms with E-state index in [1.807, 2.05) is 60.8 Å². The molecule has 0 saturated carbocycles. The molecule has 0 amide bonds. The molecule has 4 rings (SSSR count). The molecule has 6 heteroatoms. The van der Waals surface area contributed by atoms with Crippen molar-refractivity contribution in [2.75, 3.05) is 0 Å². The summed E-state index contributed by atoms with van der Waals surface area (Å²) in [5.41, 5.74) is 5.16. The van der Waals surface area contributed by atoms with E-state index in [0.717, 1.165) is 37.8 Å². The van der Waals surface area contributed by atoms with Crippen molar-refractivity contribution in [3.8, 4) is 5.75 Å². The molecule has 0 fully saturated rings. The number of fused-ring (bicyclic) bond motifs is 1. The average Bonchev–Trinajstić information content (AvgIpc) is 3.18. The number of halogens is 1. The lowest BCUT2D eigenvalue weighted by Gasteiger charge is -2.17. The Hall–Kier alpha value is -3.09. The van der Waals surface area contributed by atoms with Crippen LogP contribution in [0.25, 0.3) is 10.9 Å². The van der Waals surface area contributed by atoms with Gasteiger partial charge in [0.2, 0.25) is 0 Å². The number of carboxylic acids is 1. The second-order valence-corrected chi connectivity index (χ2v) is 8.78. The van der Waals surface area contributed by atoms with Crippen LogP contribution in [0.15, 0.2) is 77.4 Å². The average molecular weight is 493 g/mol. The minimum atomic E-state index is -0.882. The summed E-state index contributed by atoms with van der Waals surface area (Å²) in [7, 11) is 0. The number of carboxylic acid groups (broad SMARTS) is 1. The molecular formula is C26H25BrN2O3. The zero-order valence-electron chi connectivity index (χ0n) is 17.8. The summed E-state index contributed by atoms with van der Waals surface area (Å²) in [6.45, 7) is 2.88. The number of H-pyrrole nitrogens is 1. The number of nitrogens with one attached hydrogen (secondary N) is 2. The van der Waals surface area contributed by atoms with Crippen LogP contribution in [-0.2, 0) is 24.4 Å². The maximum Gasteiger partial charge on any atom is 0.321 e. The van der Waals surface area contributed by atoms with Gasteiger partial charge in [0.05, 0.1) is 0 Å². The lowest BCUT2D eigenvalue weighted by atomic mass is 10.0. The van der Waals surface area contributed by atoms with Gasteiger partial charge in [-0.05, 0) is 42.3 Å². The van der Waals surface area contributed by atoms with Crippen molar-refractivity contribution in [1.82, 2.24) is 10.3 Å². The highest BCUT2D eigenvalue weighted by molar-refractivity contribution is 9.10. The molecule has 164 valence electrons. The number of rotatable bonds is 9. The number of hydrogen-bond donors (Lipinski definition) is 3. The number of aromatic nitrogens is 1. The van der Waals surface area contributed by atoms with Gasteiger partial charge in [0.25, 0.3) is 0 Å². The third-order valence-electron chi connectivity index (χ3n) is 5.44. The van der Waals surface area contributed by atoms with Crippen molar-refractivity contribution >= 4 is 32.8 Å². The zero-order chi connectivity index (χ0) is 22.5. The van der Waals surface area contributed by atoms with E-state index in [1.165, 1.54) is 5.56 Å². The Kier molecular flexibility index (Phi) is 6.93. The molecular weight excluding hydrogens is 468 g/mol. The molecule has 1 atom stereocenters. The number of carbonyl (C=O) groups is 1. The molecule has 0 aliphatic rings. The summed E-state index contributed by atoms with van der Waals surface area (Å²) in [4.78, 5) is 15.2. The fourth-order valence-corrected chi connectivity index (χ4v) is 4.20. The molecule has 1 aromatic heterocycles. The summed E-state index contributed by atoms with van der Waals surface area (Å²) in [6.07, 6.45) is 2.27. The van der Waals surface area contributed by atoms with Crippen molar-refractivity contribution < 1.29 is 14.6 Å². The number of hydrogen-bond acceptors (Lipinski definition) is 3. The van der Waals surface area contributed by atoms with E-state index in [-0.39, 0.29) is 0 Å². The molecule has 1 heterocycles. The minimum Gasteiger partial charge on any atom is -0.489 e. The molecule has 32 heavy (non-hydrogen) atoms. The molecule has 0 bridgehead atoms. The summed E-state index contributed by atoms with van der Waals surface area (Å²) in [5.74, 6) is -0.147. The Labute approximate surface area is 195 Å². The molecule has 0 saturated heterocycles. The SMILES string of the molecule is Cc1cccc(COc2ccc(Br)cc2CNC(Cc2c[nH]c3ccccc23)C(=O)O)c1. The van der Waals surface area contributed by atoms with Gasteiger partial charge < -0.3 is 14.8 Å². The predicted molar refractivity (Wildman–Crippen MR) is 130 cm³/mol. The van der Waals surface area contributed by atoms with Crippen LogP contribution >= 0.6 is 15.9 Å². The van der Waals surface area contributed by atoms with Crippen LogP contribution in [0.2, 0.25) is 0 Å². The topological polar surface area (TPSA) is 74.3 Å². The molecule has 4 aromatic rings. The number of ether oxygens (including phenoxy) is 1. The van der Waals surface area contributed by atoms with Gasteiger partial charge in [0, 0.05) is 40.1 Å². The van der Waals surface area contributed by atoms with Crippen LogP contribution in [-0.4, -0.2) is 22.1 Å². The van der Waals surface area contributed by atoms with E-state index in [9.17, 15) is 9.90 Å². The van der Waals surface area contributed by atoms with Crippen molar-refractivity contribution in [2.45, 2.75) is 32.5 Å². The normalized spacial score (nSPS) is 12.1. The Balaban J connectivity index is 1.47. The van der Waals surface area contributed by atoms with Gasteiger partial charge in [-0.25, -0.2) is 0 Å². The van der Waals surface area contributed by atoms with E-state index in [4.69, 9.17) is 4.74 Å². The van der Waals surface area contributed by atoms with E-state index in [2.05, 4.69) is 45.3 Å². The van der Waals surface area contributed by atoms with Crippen LogP contribution < -0.4 is 10.1 Å². The quantitative estimate of drug-likeness (QED) is 0.284. The van der Waals surface area contributed by atoms with Gasteiger partial charge in [-0.2, -0.15) is 0 Å². The Bertz CT molecular complexity index is 1230. The van der Waals surface area contributed by atoms with Crippen LogP contribution in [0.5, 0.6) is 5.75 Å². The maximum absolute atomic E-state index is 12.0. The summed E-state index contributed by atoms with van der Waals surface area (Å²) < 4.78 is 6.99. The Morgan fingerprint density at radius 1 is 1.09 bits per heavy atom. The van der Waals surface area contributed by atoms with Crippen molar-refractivity contribution in [3.63, 3.8) is 0 Å². The fourth-order valence-electron chi connectivity index (χ4n) is 3.79. The molecule has 0 radical (unpaired) electrons. The standard InChI is InChI=1S/C26H25BrN2O3/c1-17-5-4-6-18(11-17)16-32-25-10-9-21(27)12-20(25)15-29-24(26(30)31)13-19-14-28-23-8-3-2-7-22(19)23/h2-12,14,24,28-29H,13,15-16H2,1H3,(H,30,31). The Morgan fingerprint density at radius 3 is 2.75 bits per heavy atom. The second-order valence-electron chi connectivity index (χ2n) is 7.87. The largest absolute Gasteiger partial charge is 0.489 e. The van der Waals surface area contributed by atoms with Crippen molar-refractivity contribution in [2.24, 2.45) is 0 Å². The first kappa shape index (κ1) is 22.1. The molecule has 0 aliphatic carbocycles. The van der Waals surface area contributed by atoms with E-state index >= 15 is 0 Å². The smallest absolute Gasteiger partial charge is 0.321 e. The number of para-hydroxylation sites is 1. The van der Waals surface area contributed by atoms with E-state index < -0.39 is 12.0 Å².